The van der Waals surface area contributed by atoms with Crippen molar-refractivity contribution in [2.75, 3.05) is 13.7 Å². The summed E-state index contributed by atoms with van der Waals surface area (Å²) < 4.78 is 11.9. The summed E-state index contributed by atoms with van der Waals surface area (Å²) in [7, 11) is 1.83. The standard InChI is InChI=1S/C19H37NO3/c1-13(2)10-11-16-8-7-9-17(20-6)19(21)23-15(5)18(16)22-12-14(3)4/h13-18,20H,7-12H2,1-6H3/t15-,16+,17-,18-/m0/s1. The summed E-state index contributed by atoms with van der Waals surface area (Å²) in [4.78, 5) is 12.3. The first-order chi connectivity index (χ1) is 10.8. The number of nitrogens with one attached hydrogen (secondary N) is 1. The minimum absolute atomic E-state index is 0.00991. The fourth-order valence-corrected chi connectivity index (χ4v) is 3.28. The summed E-state index contributed by atoms with van der Waals surface area (Å²) in [5.41, 5.74) is 0. The molecule has 4 nitrogen and oxygen atoms in total. The van der Waals surface area contributed by atoms with E-state index in [9.17, 15) is 4.79 Å². The van der Waals surface area contributed by atoms with E-state index in [1.807, 2.05) is 14.0 Å². The summed E-state index contributed by atoms with van der Waals surface area (Å²) in [6.45, 7) is 11.6. The Kier molecular flexibility index (Phi) is 9.15. The lowest BCUT2D eigenvalue weighted by Crippen LogP contribution is -2.41. The molecule has 136 valence electrons. The van der Waals surface area contributed by atoms with E-state index >= 15 is 0 Å². The van der Waals surface area contributed by atoms with Gasteiger partial charge in [0.25, 0.3) is 0 Å². The molecule has 1 aliphatic heterocycles. The van der Waals surface area contributed by atoms with Crippen molar-refractivity contribution >= 4 is 5.97 Å². The molecule has 0 radical (unpaired) electrons. The summed E-state index contributed by atoms with van der Waals surface area (Å²) in [6.07, 6.45) is 5.15. The number of hydrogen-bond donors (Lipinski definition) is 1. The zero-order chi connectivity index (χ0) is 17.4. The molecule has 0 amide bonds. The average Bonchev–Trinajstić information content (AvgIpc) is 2.51. The van der Waals surface area contributed by atoms with Gasteiger partial charge in [-0.15, -0.1) is 0 Å². The first-order valence-electron chi connectivity index (χ1n) is 9.34. The van der Waals surface area contributed by atoms with Crippen molar-refractivity contribution in [1.29, 1.82) is 0 Å². The Hall–Kier alpha value is -0.610. The van der Waals surface area contributed by atoms with Gasteiger partial charge in [0.1, 0.15) is 12.1 Å². The van der Waals surface area contributed by atoms with Crippen LogP contribution in [0.5, 0.6) is 0 Å². The second-order valence-corrected chi connectivity index (χ2v) is 7.84. The lowest BCUT2D eigenvalue weighted by Gasteiger charge is -2.32. The minimum atomic E-state index is -0.188. The van der Waals surface area contributed by atoms with Crippen LogP contribution in [0.4, 0.5) is 0 Å². The van der Waals surface area contributed by atoms with Crippen molar-refractivity contribution in [2.24, 2.45) is 17.8 Å². The molecule has 0 unspecified atom stereocenters. The molecule has 1 saturated heterocycles. The van der Waals surface area contributed by atoms with Crippen molar-refractivity contribution < 1.29 is 14.3 Å². The van der Waals surface area contributed by atoms with Gasteiger partial charge in [-0.1, -0.05) is 40.5 Å². The molecule has 4 atom stereocenters. The fraction of sp³-hybridized carbons (Fsp3) is 0.947. The molecular formula is C19H37NO3. The zero-order valence-electron chi connectivity index (χ0n) is 15.9. The van der Waals surface area contributed by atoms with E-state index in [4.69, 9.17) is 9.47 Å². The zero-order valence-corrected chi connectivity index (χ0v) is 15.9. The van der Waals surface area contributed by atoms with Crippen molar-refractivity contribution in [3.63, 3.8) is 0 Å². The molecule has 0 spiro atoms. The van der Waals surface area contributed by atoms with Crippen LogP contribution in [-0.2, 0) is 14.3 Å². The maximum absolute atomic E-state index is 12.3. The van der Waals surface area contributed by atoms with Crippen LogP contribution in [0.1, 0.15) is 66.7 Å². The third-order valence-corrected chi connectivity index (χ3v) is 4.67. The Morgan fingerprint density at radius 2 is 1.91 bits per heavy atom. The van der Waals surface area contributed by atoms with Gasteiger partial charge in [-0.3, -0.25) is 4.79 Å². The third kappa shape index (κ3) is 7.21. The monoisotopic (exact) mass is 327 g/mol. The normalized spacial score (nSPS) is 30.0. The molecule has 1 fully saturated rings. The smallest absolute Gasteiger partial charge is 0.323 e. The summed E-state index contributed by atoms with van der Waals surface area (Å²) in [5, 5.41) is 3.08. The average molecular weight is 328 g/mol. The number of ether oxygens (including phenoxy) is 2. The van der Waals surface area contributed by atoms with E-state index in [1.54, 1.807) is 0 Å². The number of likely N-dealkylation sites (N-methyl/N-ethyl adjacent to an activating group) is 1. The molecule has 0 bridgehead atoms. The first-order valence-corrected chi connectivity index (χ1v) is 9.34. The second kappa shape index (κ2) is 10.3. The van der Waals surface area contributed by atoms with Gasteiger partial charge < -0.3 is 14.8 Å². The van der Waals surface area contributed by atoms with Gasteiger partial charge in [0, 0.05) is 6.61 Å². The van der Waals surface area contributed by atoms with Gasteiger partial charge in [-0.25, -0.2) is 0 Å². The number of carbonyl (C=O) groups excluding carboxylic acids is 1. The van der Waals surface area contributed by atoms with Crippen molar-refractivity contribution in [3.05, 3.63) is 0 Å². The highest BCUT2D eigenvalue weighted by molar-refractivity contribution is 5.75. The summed E-state index contributed by atoms with van der Waals surface area (Å²) >= 11 is 0. The SMILES string of the molecule is CN[C@H]1CCC[C@H](CCC(C)C)[C@@H](OCC(C)C)[C@H](C)OC1=O. The van der Waals surface area contributed by atoms with Gasteiger partial charge in [0.2, 0.25) is 0 Å². The van der Waals surface area contributed by atoms with Gasteiger partial charge in [-0.2, -0.15) is 0 Å². The van der Waals surface area contributed by atoms with Gasteiger partial charge in [0.15, 0.2) is 0 Å². The highest BCUT2D eigenvalue weighted by Gasteiger charge is 2.33. The van der Waals surface area contributed by atoms with Crippen LogP contribution in [-0.4, -0.2) is 37.9 Å². The van der Waals surface area contributed by atoms with Crippen LogP contribution in [0.25, 0.3) is 0 Å². The predicted octanol–water partition coefficient (Wildman–Crippen LogP) is 3.78. The Bertz CT molecular complexity index is 344. The Balaban J connectivity index is 2.84. The van der Waals surface area contributed by atoms with Crippen molar-refractivity contribution in [3.8, 4) is 0 Å². The van der Waals surface area contributed by atoms with Crippen LogP contribution in [0.2, 0.25) is 0 Å². The lowest BCUT2D eigenvalue weighted by molar-refractivity contribution is -0.161. The molecular weight excluding hydrogens is 290 g/mol. The number of hydrogen-bond acceptors (Lipinski definition) is 4. The van der Waals surface area contributed by atoms with Crippen LogP contribution >= 0.6 is 0 Å². The highest BCUT2D eigenvalue weighted by Crippen LogP contribution is 2.29. The summed E-state index contributed by atoms with van der Waals surface area (Å²) in [6, 6.07) is -0.188. The van der Waals surface area contributed by atoms with E-state index in [0.717, 1.165) is 32.3 Å². The predicted molar refractivity (Wildman–Crippen MR) is 94.4 cm³/mol. The molecule has 1 rings (SSSR count). The molecule has 23 heavy (non-hydrogen) atoms. The Morgan fingerprint density at radius 1 is 1.22 bits per heavy atom. The first kappa shape index (κ1) is 20.4. The van der Waals surface area contributed by atoms with Gasteiger partial charge in [0.05, 0.1) is 6.10 Å². The Labute approximate surface area is 142 Å². The van der Waals surface area contributed by atoms with E-state index in [0.29, 0.717) is 17.8 Å². The summed E-state index contributed by atoms with van der Waals surface area (Å²) in [5.74, 6) is 1.51. The minimum Gasteiger partial charge on any atom is -0.459 e. The van der Waals surface area contributed by atoms with Crippen LogP contribution in [0.3, 0.4) is 0 Å². The van der Waals surface area contributed by atoms with E-state index < -0.39 is 0 Å². The van der Waals surface area contributed by atoms with Crippen LogP contribution < -0.4 is 5.32 Å². The largest absolute Gasteiger partial charge is 0.459 e. The maximum Gasteiger partial charge on any atom is 0.323 e. The van der Waals surface area contributed by atoms with E-state index in [-0.39, 0.29) is 24.2 Å². The molecule has 1 N–H and O–H groups in total. The maximum atomic E-state index is 12.3. The van der Waals surface area contributed by atoms with Gasteiger partial charge in [-0.05, 0) is 51.0 Å². The number of cyclic esters (lactones) is 1. The highest BCUT2D eigenvalue weighted by atomic mass is 16.6. The molecule has 0 aliphatic carbocycles. The van der Waals surface area contributed by atoms with E-state index in [1.165, 1.54) is 6.42 Å². The molecule has 0 aromatic carbocycles. The molecule has 4 heteroatoms. The number of rotatable bonds is 7. The molecule has 1 aliphatic rings. The molecule has 0 saturated carbocycles. The molecule has 1 heterocycles. The fourth-order valence-electron chi connectivity index (χ4n) is 3.28. The molecule has 0 aromatic heterocycles. The Morgan fingerprint density at radius 3 is 2.48 bits per heavy atom. The molecule has 0 aromatic rings. The van der Waals surface area contributed by atoms with Crippen LogP contribution in [0, 0.1) is 17.8 Å². The second-order valence-electron chi connectivity index (χ2n) is 7.84. The quantitative estimate of drug-likeness (QED) is 0.723. The lowest BCUT2D eigenvalue weighted by atomic mass is 9.86. The van der Waals surface area contributed by atoms with Crippen molar-refractivity contribution in [2.45, 2.75) is 85.0 Å². The van der Waals surface area contributed by atoms with Gasteiger partial charge >= 0.3 is 5.97 Å². The number of carbonyl (C=O) groups is 1. The topological polar surface area (TPSA) is 47.6 Å². The van der Waals surface area contributed by atoms with E-state index in [2.05, 4.69) is 33.0 Å². The van der Waals surface area contributed by atoms with Crippen LogP contribution in [0.15, 0.2) is 0 Å². The number of esters is 1. The third-order valence-electron chi connectivity index (χ3n) is 4.67. The van der Waals surface area contributed by atoms with Crippen molar-refractivity contribution in [1.82, 2.24) is 5.32 Å².